The molecule has 1 aromatic carbocycles. The zero-order valence-corrected chi connectivity index (χ0v) is 19.7. The SMILES string of the molecule is Cc1cc(-c2nn(C(F)F)cc2Cc2ccccc2OCCN2CCC(O)(C(F)F)CC2)nc(N)n1. The maximum atomic E-state index is 13.4. The zero-order valence-electron chi connectivity index (χ0n) is 19.7. The van der Waals surface area contributed by atoms with E-state index in [9.17, 15) is 22.7 Å². The van der Waals surface area contributed by atoms with Crippen molar-refractivity contribution in [2.45, 2.75) is 44.8 Å². The molecular weight excluding hydrogens is 480 g/mol. The van der Waals surface area contributed by atoms with Crippen LogP contribution in [0.2, 0.25) is 0 Å². The molecule has 0 atom stereocenters. The van der Waals surface area contributed by atoms with Crippen LogP contribution < -0.4 is 10.5 Å². The molecule has 1 saturated heterocycles. The fourth-order valence-electron chi connectivity index (χ4n) is 4.25. The van der Waals surface area contributed by atoms with E-state index in [1.807, 2.05) is 17.0 Å². The number of anilines is 1. The van der Waals surface area contributed by atoms with Crippen LogP contribution in [0.15, 0.2) is 36.5 Å². The first kappa shape index (κ1) is 25.8. The van der Waals surface area contributed by atoms with Gasteiger partial charge in [0.25, 0.3) is 6.43 Å². The van der Waals surface area contributed by atoms with Crippen molar-refractivity contribution in [2.24, 2.45) is 0 Å². The van der Waals surface area contributed by atoms with Crippen LogP contribution in [0.5, 0.6) is 5.75 Å². The number of ether oxygens (including phenoxy) is 1. The predicted octanol–water partition coefficient (Wildman–Crippen LogP) is 3.69. The molecule has 0 radical (unpaired) electrons. The summed E-state index contributed by atoms with van der Waals surface area (Å²) in [5.41, 5.74) is 6.33. The lowest BCUT2D eigenvalue weighted by Gasteiger charge is -2.37. The van der Waals surface area contributed by atoms with Crippen molar-refractivity contribution >= 4 is 5.95 Å². The van der Waals surface area contributed by atoms with Crippen molar-refractivity contribution in [3.8, 4) is 17.1 Å². The molecule has 194 valence electrons. The number of para-hydroxylation sites is 1. The largest absolute Gasteiger partial charge is 0.492 e. The Morgan fingerprint density at radius 1 is 1.11 bits per heavy atom. The zero-order chi connectivity index (χ0) is 25.9. The quantitative estimate of drug-likeness (QED) is 0.425. The number of piperidine rings is 1. The summed E-state index contributed by atoms with van der Waals surface area (Å²) in [4.78, 5) is 10.2. The minimum Gasteiger partial charge on any atom is -0.492 e. The average Bonchev–Trinajstić information content (AvgIpc) is 3.25. The molecule has 3 N–H and O–H groups in total. The third-order valence-electron chi connectivity index (χ3n) is 6.27. The Balaban J connectivity index is 1.47. The molecule has 4 rings (SSSR count). The number of aromatic nitrogens is 4. The standard InChI is InChI=1S/C24H28F4N6O2/c1-15-12-18(31-23(29)30-15)20-17(14-34(32-20)22(27)28)13-16-4-2-3-5-19(16)36-11-10-33-8-6-24(35,7-9-33)21(25)26/h2-5,12,14,21-22,35H,6-11,13H2,1H3,(H2,29,30,31). The topological polar surface area (TPSA) is 102 Å². The number of nitrogen functional groups attached to an aromatic ring is 1. The van der Waals surface area contributed by atoms with Crippen LogP contribution in [0.4, 0.5) is 23.5 Å². The second-order valence-electron chi connectivity index (χ2n) is 8.89. The first-order valence-corrected chi connectivity index (χ1v) is 11.6. The average molecular weight is 509 g/mol. The van der Waals surface area contributed by atoms with Crippen LogP contribution in [0, 0.1) is 6.92 Å². The Kier molecular flexibility index (Phi) is 7.74. The lowest BCUT2D eigenvalue weighted by atomic mass is 9.92. The van der Waals surface area contributed by atoms with Crippen LogP contribution in [0.25, 0.3) is 11.4 Å². The van der Waals surface area contributed by atoms with E-state index in [0.717, 1.165) is 5.56 Å². The summed E-state index contributed by atoms with van der Waals surface area (Å²) >= 11 is 0. The van der Waals surface area contributed by atoms with Gasteiger partial charge in [-0.25, -0.2) is 23.4 Å². The molecule has 3 aromatic rings. The molecule has 2 aromatic heterocycles. The minimum atomic E-state index is -2.82. The number of hydrogen-bond donors (Lipinski definition) is 2. The maximum absolute atomic E-state index is 13.4. The summed E-state index contributed by atoms with van der Waals surface area (Å²) in [5, 5.41) is 14.0. The molecule has 36 heavy (non-hydrogen) atoms. The fraction of sp³-hybridized carbons (Fsp3) is 0.458. The number of nitrogens with two attached hydrogens (primary N) is 1. The van der Waals surface area contributed by atoms with Crippen molar-refractivity contribution in [2.75, 3.05) is 32.0 Å². The Bertz CT molecular complexity index is 1160. The molecule has 0 bridgehead atoms. The Morgan fingerprint density at radius 3 is 2.50 bits per heavy atom. The Morgan fingerprint density at radius 2 is 1.83 bits per heavy atom. The predicted molar refractivity (Wildman–Crippen MR) is 125 cm³/mol. The van der Waals surface area contributed by atoms with Crippen molar-refractivity contribution in [1.29, 1.82) is 0 Å². The van der Waals surface area contributed by atoms with Gasteiger partial charge in [0.05, 0.1) is 5.69 Å². The number of benzene rings is 1. The van der Waals surface area contributed by atoms with Gasteiger partial charge in [-0.3, -0.25) is 4.90 Å². The maximum Gasteiger partial charge on any atom is 0.333 e. The molecular formula is C24H28F4N6O2. The second kappa shape index (κ2) is 10.8. The summed E-state index contributed by atoms with van der Waals surface area (Å²) in [6.07, 6.45) is -1.21. The summed E-state index contributed by atoms with van der Waals surface area (Å²) in [5.74, 6) is 0.601. The normalized spacial score (nSPS) is 16.1. The van der Waals surface area contributed by atoms with Crippen LogP contribution in [-0.4, -0.2) is 68.0 Å². The van der Waals surface area contributed by atoms with Gasteiger partial charge in [-0.1, -0.05) is 18.2 Å². The van der Waals surface area contributed by atoms with E-state index in [-0.39, 0.29) is 30.9 Å². The summed E-state index contributed by atoms with van der Waals surface area (Å²) in [6.45, 7) is 0.408. The van der Waals surface area contributed by atoms with Gasteiger partial charge >= 0.3 is 6.55 Å². The van der Waals surface area contributed by atoms with Gasteiger partial charge in [0.15, 0.2) is 0 Å². The molecule has 0 amide bonds. The molecule has 1 aliphatic rings. The number of aliphatic hydroxyl groups is 1. The van der Waals surface area contributed by atoms with E-state index >= 15 is 0 Å². The molecule has 1 fully saturated rings. The number of nitrogens with zero attached hydrogens (tertiary/aromatic N) is 5. The Labute approximate surface area is 205 Å². The second-order valence-corrected chi connectivity index (χ2v) is 8.89. The van der Waals surface area contributed by atoms with Gasteiger partial charge in [-0.15, -0.1) is 0 Å². The van der Waals surface area contributed by atoms with Crippen molar-refractivity contribution in [3.63, 3.8) is 0 Å². The molecule has 0 saturated carbocycles. The molecule has 12 heteroatoms. The van der Waals surface area contributed by atoms with Crippen LogP contribution in [0.3, 0.4) is 0 Å². The van der Waals surface area contributed by atoms with Gasteiger partial charge in [-0.2, -0.15) is 13.9 Å². The lowest BCUT2D eigenvalue weighted by Crippen LogP contribution is -2.49. The van der Waals surface area contributed by atoms with E-state index in [0.29, 0.717) is 53.6 Å². The van der Waals surface area contributed by atoms with E-state index in [2.05, 4.69) is 15.1 Å². The van der Waals surface area contributed by atoms with Crippen LogP contribution in [0.1, 0.15) is 36.2 Å². The molecule has 3 heterocycles. The van der Waals surface area contributed by atoms with Gasteiger partial charge in [0, 0.05) is 43.5 Å². The smallest absolute Gasteiger partial charge is 0.333 e. The lowest BCUT2D eigenvalue weighted by molar-refractivity contribution is -0.126. The fourth-order valence-corrected chi connectivity index (χ4v) is 4.25. The van der Waals surface area contributed by atoms with Gasteiger partial charge in [0.2, 0.25) is 5.95 Å². The number of rotatable bonds is 9. The summed E-state index contributed by atoms with van der Waals surface area (Å²) in [7, 11) is 0. The van der Waals surface area contributed by atoms with E-state index in [1.54, 1.807) is 25.1 Å². The monoisotopic (exact) mass is 508 g/mol. The summed E-state index contributed by atoms with van der Waals surface area (Å²) < 4.78 is 59.4. The van der Waals surface area contributed by atoms with Crippen LogP contribution >= 0.6 is 0 Å². The highest BCUT2D eigenvalue weighted by molar-refractivity contribution is 5.61. The summed E-state index contributed by atoms with van der Waals surface area (Å²) in [6, 6.07) is 8.88. The van der Waals surface area contributed by atoms with Gasteiger partial charge < -0.3 is 15.6 Å². The van der Waals surface area contributed by atoms with Gasteiger partial charge in [0.1, 0.15) is 23.7 Å². The first-order chi connectivity index (χ1) is 17.1. The van der Waals surface area contributed by atoms with E-state index in [4.69, 9.17) is 10.5 Å². The molecule has 0 unspecified atom stereocenters. The van der Waals surface area contributed by atoms with Crippen molar-refractivity contribution in [1.82, 2.24) is 24.6 Å². The number of aryl methyl sites for hydroxylation is 1. The number of likely N-dealkylation sites (tertiary alicyclic amines) is 1. The number of halogens is 4. The molecule has 0 spiro atoms. The molecule has 0 aliphatic carbocycles. The third kappa shape index (κ3) is 5.93. The van der Waals surface area contributed by atoms with E-state index < -0.39 is 18.6 Å². The van der Waals surface area contributed by atoms with Crippen molar-refractivity contribution in [3.05, 3.63) is 53.3 Å². The van der Waals surface area contributed by atoms with Gasteiger partial charge in [-0.05, 0) is 37.5 Å². The number of hydrogen-bond acceptors (Lipinski definition) is 7. The Hall–Kier alpha value is -3.25. The highest BCUT2D eigenvalue weighted by Crippen LogP contribution is 2.30. The third-order valence-corrected chi connectivity index (χ3v) is 6.27. The highest BCUT2D eigenvalue weighted by Gasteiger charge is 2.40. The first-order valence-electron chi connectivity index (χ1n) is 11.6. The molecule has 8 nitrogen and oxygen atoms in total. The highest BCUT2D eigenvalue weighted by atomic mass is 19.3. The minimum absolute atomic E-state index is 0.00515. The number of alkyl halides is 4. The van der Waals surface area contributed by atoms with Crippen molar-refractivity contribution < 1.29 is 27.4 Å². The van der Waals surface area contributed by atoms with Crippen LogP contribution in [-0.2, 0) is 6.42 Å². The van der Waals surface area contributed by atoms with E-state index in [1.165, 1.54) is 6.20 Å². The molecule has 1 aliphatic heterocycles.